The predicted octanol–water partition coefficient (Wildman–Crippen LogP) is 4.94. The van der Waals surface area contributed by atoms with Gasteiger partial charge in [0.15, 0.2) is 17.5 Å². The van der Waals surface area contributed by atoms with Crippen LogP contribution < -0.4 is 10.6 Å². The van der Waals surface area contributed by atoms with Gasteiger partial charge in [0, 0.05) is 16.8 Å². The number of nitrogens with one attached hydrogen (secondary N) is 2. The molecule has 1 aromatic heterocycles. The van der Waals surface area contributed by atoms with Crippen LogP contribution in [-0.2, 0) is 0 Å². The lowest BCUT2D eigenvalue weighted by atomic mass is 10.3. The third-order valence-electron chi connectivity index (χ3n) is 2.93. The third kappa shape index (κ3) is 3.87. The van der Waals surface area contributed by atoms with Crippen molar-refractivity contribution in [1.82, 2.24) is 15.2 Å². The molecule has 0 bridgehead atoms. The van der Waals surface area contributed by atoms with Crippen LogP contribution in [0.25, 0.3) is 0 Å². The molecule has 2 N–H and O–H groups in total. The van der Waals surface area contributed by atoms with Crippen molar-refractivity contribution in [2.24, 2.45) is 0 Å². The van der Waals surface area contributed by atoms with Gasteiger partial charge in [-0.15, -0.1) is 5.10 Å². The molecule has 0 unspecified atom stereocenters. The Kier molecular flexibility index (Phi) is 4.73. The van der Waals surface area contributed by atoms with Gasteiger partial charge in [0.05, 0.1) is 16.9 Å². The fourth-order valence-corrected chi connectivity index (χ4v) is 2.19. The number of hydrogen-bond donors (Lipinski definition) is 2. The third-order valence-corrected chi connectivity index (χ3v) is 3.49. The molecule has 0 radical (unpaired) electrons. The zero-order valence-corrected chi connectivity index (χ0v) is 13.4. The van der Waals surface area contributed by atoms with E-state index in [-0.39, 0.29) is 11.8 Å². The SMILES string of the molecule is Fc1ccc(Nc2cnnc(Nc3cc(Cl)ccc3Cl)n2)cc1F. The van der Waals surface area contributed by atoms with Gasteiger partial charge < -0.3 is 10.6 Å². The van der Waals surface area contributed by atoms with Crippen molar-refractivity contribution in [3.05, 3.63) is 64.3 Å². The van der Waals surface area contributed by atoms with Crippen LogP contribution in [0.2, 0.25) is 10.0 Å². The molecule has 0 saturated heterocycles. The first kappa shape index (κ1) is 16.4. The molecule has 0 fully saturated rings. The molecule has 0 amide bonds. The summed E-state index contributed by atoms with van der Waals surface area (Å²) in [5.74, 6) is -1.45. The van der Waals surface area contributed by atoms with Crippen molar-refractivity contribution in [2.45, 2.75) is 0 Å². The highest BCUT2D eigenvalue weighted by Gasteiger charge is 2.07. The minimum atomic E-state index is -0.967. The van der Waals surface area contributed by atoms with E-state index in [1.54, 1.807) is 18.2 Å². The first-order chi connectivity index (χ1) is 11.5. The van der Waals surface area contributed by atoms with Gasteiger partial charge in [0.25, 0.3) is 0 Å². The molecular weight excluding hydrogens is 359 g/mol. The highest BCUT2D eigenvalue weighted by molar-refractivity contribution is 6.35. The molecule has 5 nitrogen and oxygen atoms in total. The van der Waals surface area contributed by atoms with Crippen LogP contribution in [0.4, 0.5) is 31.9 Å². The summed E-state index contributed by atoms with van der Waals surface area (Å²) < 4.78 is 26.2. The van der Waals surface area contributed by atoms with E-state index in [1.807, 2.05) is 0 Å². The summed E-state index contributed by atoms with van der Waals surface area (Å²) >= 11 is 12.0. The Balaban J connectivity index is 1.81. The maximum atomic E-state index is 13.2. The summed E-state index contributed by atoms with van der Waals surface area (Å²) in [5.41, 5.74) is 0.831. The minimum Gasteiger partial charge on any atom is -0.339 e. The lowest BCUT2D eigenvalue weighted by Crippen LogP contribution is -2.03. The molecule has 0 saturated carbocycles. The van der Waals surface area contributed by atoms with Crippen molar-refractivity contribution in [3.63, 3.8) is 0 Å². The molecule has 1 heterocycles. The summed E-state index contributed by atoms with van der Waals surface area (Å²) in [6, 6.07) is 8.29. The van der Waals surface area contributed by atoms with E-state index in [9.17, 15) is 8.78 Å². The number of nitrogens with zero attached hydrogens (tertiary/aromatic N) is 3. The van der Waals surface area contributed by atoms with Crippen LogP contribution in [0.5, 0.6) is 0 Å². The van der Waals surface area contributed by atoms with Crippen LogP contribution in [0.1, 0.15) is 0 Å². The van der Waals surface area contributed by atoms with Crippen molar-refractivity contribution in [3.8, 4) is 0 Å². The van der Waals surface area contributed by atoms with Gasteiger partial charge in [-0.3, -0.25) is 0 Å². The monoisotopic (exact) mass is 367 g/mol. The summed E-state index contributed by atoms with van der Waals surface area (Å²) in [6.45, 7) is 0. The summed E-state index contributed by atoms with van der Waals surface area (Å²) in [4.78, 5) is 4.17. The van der Waals surface area contributed by atoms with Crippen molar-refractivity contribution < 1.29 is 8.78 Å². The molecule has 0 aliphatic heterocycles. The van der Waals surface area contributed by atoms with Gasteiger partial charge in [0.1, 0.15) is 0 Å². The second-order valence-electron chi connectivity index (χ2n) is 4.67. The lowest BCUT2D eigenvalue weighted by Gasteiger charge is -2.09. The van der Waals surface area contributed by atoms with Crippen molar-refractivity contribution in [2.75, 3.05) is 10.6 Å². The minimum absolute atomic E-state index is 0.159. The van der Waals surface area contributed by atoms with Crippen LogP contribution in [-0.4, -0.2) is 15.2 Å². The lowest BCUT2D eigenvalue weighted by molar-refractivity contribution is 0.509. The second kappa shape index (κ2) is 6.94. The molecule has 3 rings (SSSR count). The highest BCUT2D eigenvalue weighted by atomic mass is 35.5. The fourth-order valence-electron chi connectivity index (χ4n) is 1.85. The maximum Gasteiger partial charge on any atom is 0.249 e. The predicted molar refractivity (Wildman–Crippen MR) is 89.2 cm³/mol. The van der Waals surface area contributed by atoms with E-state index in [1.165, 1.54) is 12.3 Å². The normalized spacial score (nSPS) is 10.5. The molecule has 0 aliphatic carbocycles. The molecule has 0 spiro atoms. The quantitative estimate of drug-likeness (QED) is 0.683. The standard InChI is InChI=1S/C15H9Cl2F2N5/c16-8-1-3-10(17)13(5-8)22-15-23-14(7-20-24-15)21-9-2-4-11(18)12(19)6-9/h1-7H,(H2,21,22,23,24). The van der Waals surface area contributed by atoms with E-state index in [0.717, 1.165) is 12.1 Å². The summed E-state index contributed by atoms with van der Waals surface area (Å²) in [5, 5.41) is 14.2. The Labute approximate surface area is 145 Å². The summed E-state index contributed by atoms with van der Waals surface area (Å²) in [7, 11) is 0. The van der Waals surface area contributed by atoms with Gasteiger partial charge in [-0.1, -0.05) is 23.2 Å². The van der Waals surface area contributed by atoms with Gasteiger partial charge in [0.2, 0.25) is 5.95 Å². The smallest absolute Gasteiger partial charge is 0.249 e. The van der Waals surface area contributed by atoms with E-state index in [4.69, 9.17) is 23.2 Å². The van der Waals surface area contributed by atoms with Crippen molar-refractivity contribution >= 4 is 46.3 Å². The number of aromatic nitrogens is 3. The van der Waals surface area contributed by atoms with E-state index < -0.39 is 11.6 Å². The Morgan fingerprint density at radius 3 is 2.54 bits per heavy atom. The fraction of sp³-hybridized carbons (Fsp3) is 0. The average molecular weight is 368 g/mol. The number of benzene rings is 2. The molecule has 24 heavy (non-hydrogen) atoms. The van der Waals surface area contributed by atoms with Gasteiger partial charge >= 0.3 is 0 Å². The van der Waals surface area contributed by atoms with Crippen LogP contribution in [0.15, 0.2) is 42.6 Å². The zero-order valence-electron chi connectivity index (χ0n) is 11.9. The maximum absolute atomic E-state index is 13.2. The molecule has 9 heteroatoms. The molecule has 3 aromatic rings. The van der Waals surface area contributed by atoms with E-state index in [2.05, 4.69) is 25.8 Å². The van der Waals surface area contributed by atoms with Crippen LogP contribution >= 0.6 is 23.2 Å². The summed E-state index contributed by atoms with van der Waals surface area (Å²) in [6.07, 6.45) is 1.34. The van der Waals surface area contributed by atoms with Crippen molar-refractivity contribution in [1.29, 1.82) is 0 Å². The van der Waals surface area contributed by atoms with Gasteiger partial charge in [-0.25, -0.2) is 8.78 Å². The topological polar surface area (TPSA) is 62.7 Å². The number of hydrogen-bond acceptors (Lipinski definition) is 5. The molecular formula is C15H9Cl2F2N5. The molecule has 0 atom stereocenters. The van der Waals surface area contributed by atoms with Crippen LogP contribution in [0, 0.1) is 11.6 Å². The largest absolute Gasteiger partial charge is 0.339 e. The zero-order chi connectivity index (χ0) is 17.1. The average Bonchev–Trinajstić information content (AvgIpc) is 2.55. The van der Waals surface area contributed by atoms with E-state index in [0.29, 0.717) is 21.4 Å². The molecule has 122 valence electrons. The Bertz CT molecular complexity index is 891. The van der Waals surface area contributed by atoms with E-state index >= 15 is 0 Å². The number of rotatable bonds is 4. The molecule has 0 aliphatic rings. The van der Waals surface area contributed by atoms with Crippen LogP contribution in [0.3, 0.4) is 0 Å². The molecule has 2 aromatic carbocycles. The Morgan fingerprint density at radius 1 is 0.917 bits per heavy atom. The van der Waals surface area contributed by atoms with Gasteiger partial charge in [-0.2, -0.15) is 10.1 Å². The van der Waals surface area contributed by atoms with Gasteiger partial charge in [-0.05, 0) is 30.3 Å². The Morgan fingerprint density at radius 2 is 1.75 bits per heavy atom. The Hall–Kier alpha value is -2.51. The first-order valence-corrected chi connectivity index (χ1v) is 7.41. The number of halogens is 4. The number of anilines is 4. The highest BCUT2D eigenvalue weighted by Crippen LogP contribution is 2.27. The second-order valence-corrected chi connectivity index (χ2v) is 5.51. The first-order valence-electron chi connectivity index (χ1n) is 6.65.